The Balaban J connectivity index is 1.52. The first-order valence-corrected chi connectivity index (χ1v) is 10.1. The Morgan fingerprint density at radius 2 is 1.75 bits per heavy atom. The van der Waals surface area contributed by atoms with Gasteiger partial charge in [0, 0.05) is 43.5 Å². The van der Waals surface area contributed by atoms with Gasteiger partial charge in [-0.3, -0.25) is 4.99 Å². The van der Waals surface area contributed by atoms with Crippen molar-refractivity contribution in [3.05, 3.63) is 35.9 Å². The molecule has 4 nitrogen and oxygen atoms in total. The van der Waals surface area contributed by atoms with Crippen LogP contribution in [0, 0.1) is 0 Å². The van der Waals surface area contributed by atoms with E-state index in [4.69, 9.17) is 4.74 Å². The molecule has 1 saturated carbocycles. The Morgan fingerprint density at radius 1 is 1.08 bits per heavy atom. The molecule has 132 valence electrons. The van der Waals surface area contributed by atoms with Gasteiger partial charge in [0.2, 0.25) is 0 Å². The summed E-state index contributed by atoms with van der Waals surface area (Å²) in [4.78, 5) is 4.42. The van der Waals surface area contributed by atoms with Crippen molar-refractivity contribution in [2.24, 2.45) is 4.99 Å². The van der Waals surface area contributed by atoms with Crippen LogP contribution >= 0.6 is 11.8 Å². The van der Waals surface area contributed by atoms with E-state index in [1.54, 1.807) is 0 Å². The summed E-state index contributed by atoms with van der Waals surface area (Å²) < 4.78 is 5.79. The number of benzene rings is 1. The maximum atomic E-state index is 5.52. The van der Waals surface area contributed by atoms with Gasteiger partial charge in [-0.25, -0.2) is 0 Å². The average Bonchev–Trinajstić information content (AvgIpc) is 3.44. The van der Waals surface area contributed by atoms with Crippen molar-refractivity contribution in [1.29, 1.82) is 0 Å². The van der Waals surface area contributed by atoms with E-state index in [0.717, 1.165) is 45.1 Å². The maximum absolute atomic E-state index is 5.52. The number of guanidine groups is 1. The normalized spacial score (nSPS) is 22.0. The number of nitrogens with zero attached hydrogens (tertiary/aromatic N) is 1. The molecule has 2 N–H and O–H groups in total. The van der Waals surface area contributed by atoms with Crippen molar-refractivity contribution >= 4 is 17.7 Å². The first-order chi connectivity index (χ1) is 11.7. The van der Waals surface area contributed by atoms with Gasteiger partial charge in [-0.1, -0.05) is 30.3 Å². The molecule has 3 rings (SSSR count). The summed E-state index contributed by atoms with van der Waals surface area (Å²) in [5.74, 6) is 0.914. The highest BCUT2D eigenvalue weighted by atomic mass is 32.2. The van der Waals surface area contributed by atoms with Crippen LogP contribution in [-0.2, 0) is 10.2 Å². The van der Waals surface area contributed by atoms with E-state index in [2.05, 4.69) is 52.2 Å². The molecule has 0 amide bonds. The van der Waals surface area contributed by atoms with Crippen LogP contribution in [0.5, 0.6) is 0 Å². The SMILES string of the molecule is CN=C(NCC1(SC)CCOCC1)NCC1(c2ccccc2)CC1. The molecule has 0 aromatic heterocycles. The average molecular weight is 348 g/mol. The quantitative estimate of drug-likeness (QED) is 0.614. The summed E-state index contributed by atoms with van der Waals surface area (Å²) >= 11 is 1.95. The molecule has 0 spiro atoms. The van der Waals surface area contributed by atoms with Crippen LogP contribution < -0.4 is 10.6 Å². The van der Waals surface area contributed by atoms with Crippen LogP contribution in [0.2, 0.25) is 0 Å². The minimum absolute atomic E-state index is 0.270. The largest absolute Gasteiger partial charge is 0.381 e. The van der Waals surface area contributed by atoms with Gasteiger partial charge in [0.15, 0.2) is 5.96 Å². The van der Waals surface area contributed by atoms with Crippen molar-refractivity contribution in [3.63, 3.8) is 0 Å². The molecule has 1 heterocycles. The number of nitrogens with one attached hydrogen (secondary N) is 2. The van der Waals surface area contributed by atoms with E-state index in [1.807, 2.05) is 18.8 Å². The third-order valence-corrected chi connectivity index (χ3v) is 6.89. The standard InChI is InChI=1S/C19H29N3OS/c1-20-17(22-15-19(24-2)10-12-23-13-11-19)21-14-18(8-9-18)16-6-4-3-5-7-16/h3-7H,8-15H2,1-2H3,(H2,20,21,22). The number of hydrogen-bond acceptors (Lipinski definition) is 3. The van der Waals surface area contributed by atoms with Crippen molar-refractivity contribution < 1.29 is 4.74 Å². The Labute approximate surface area is 149 Å². The fourth-order valence-electron chi connectivity index (χ4n) is 3.42. The van der Waals surface area contributed by atoms with Gasteiger partial charge in [0.05, 0.1) is 0 Å². The van der Waals surface area contributed by atoms with E-state index >= 15 is 0 Å². The van der Waals surface area contributed by atoms with E-state index in [0.29, 0.717) is 5.41 Å². The molecule has 1 aromatic rings. The maximum Gasteiger partial charge on any atom is 0.191 e. The molecular weight excluding hydrogens is 318 g/mol. The molecule has 0 bridgehead atoms. The zero-order valence-corrected chi connectivity index (χ0v) is 15.6. The Morgan fingerprint density at radius 3 is 2.33 bits per heavy atom. The van der Waals surface area contributed by atoms with Crippen LogP contribution in [0.3, 0.4) is 0 Å². The van der Waals surface area contributed by atoms with Gasteiger partial charge in [-0.2, -0.15) is 11.8 Å². The Kier molecular flexibility index (Phi) is 5.72. The predicted octanol–water partition coefficient (Wildman–Crippen LogP) is 2.80. The fourth-order valence-corrected chi connectivity index (χ4v) is 4.22. The molecule has 1 aliphatic heterocycles. The van der Waals surface area contributed by atoms with Gasteiger partial charge in [0.25, 0.3) is 0 Å². The topological polar surface area (TPSA) is 45.7 Å². The molecule has 1 saturated heterocycles. The molecule has 1 aliphatic carbocycles. The minimum atomic E-state index is 0.270. The number of hydrogen-bond donors (Lipinski definition) is 2. The Hall–Kier alpha value is -1.20. The summed E-state index contributed by atoms with van der Waals surface area (Å²) in [5.41, 5.74) is 1.74. The second-order valence-electron chi connectivity index (χ2n) is 6.93. The molecule has 2 aliphatic rings. The van der Waals surface area contributed by atoms with Crippen molar-refractivity contribution in [3.8, 4) is 0 Å². The molecular formula is C19H29N3OS. The fraction of sp³-hybridized carbons (Fsp3) is 0.632. The monoisotopic (exact) mass is 347 g/mol. The summed E-state index contributed by atoms with van der Waals surface area (Å²) in [6.45, 7) is 3.62. The lowest BCUT2D eigenvalue weighted by Crippen LogP contribution is -2.49. The first-order valence-electron chi connectivity index (χ1n) is 8.85. The summed E-state index contributed by atoms with van der Waals surface area (Å²) in [6, 6.07) is 10.8. The molecule has 0 atom stereocenters. The number of rotatable bonds is 6. The number of ether oxygens (including phenoxy) is 1. The van der Waals surface area contributed by atoms with Gasteiger partial charge < -0.3 is 15.4 Å². The highest BCUT2D eigenvalue weighted by molar-refractivity contribution is 8.00. The van der Waals surface area contributed by atoms with Gasteiger partial charge in [0.1, 0.15) is 0 Å². The van der Waals surface area contributed by atoms with Crippen molar-refractivity contribution in [2.45, 2.75) is 35.8 Å². The summed E-state index contributed by atoms with van der Waals surface area (Å²) in [6.07, 6.45) is 6.93. The molecule has 5 heteroatoms. The lowest BCUT2D eigenvalue weighted by Gasteiger charge is -2.36. The lowest BCUT2D eigenvalue weighted by molar-refractivity contribution is 0.0783. The second kappa shape index (κ2) is 7.79. The summed E-state index contributed by atoms with van der Waals surface area (Å²) in [5, 5.41) is 7.10. The van der Waals surface area contributed by atoms with Gasteiger partial charge >= 0.3 is 0 Å². The van der Waals surface area contributed by atoms with Crippen molar-refractivity contribution in [1.82, 2.24) is 10.6 Å². The molecule has 24 heavy (non-hydrogen) atoms. The molecule has 1 aromatic carbocycles. The highest BCUT2D eigenvalue weighted by Crippen LogP contribution is 2.47. The van der Waals surface area contributed by atoms with Crippen LogP contribution in [0.4, 0.5) is 0 Å². The third kappa shape index (κ3) is 4.06. The van der Waals surface area contributed by atoms with Crippen LogP contribution in [-0.4, -0.2) is 50.3 Å². The van der Waals surface area contributed by atoms with Crippen LogP contribution in [0.1, 0.15) is 31.2 Å². The van der Waals surface area contributed by atoms with Crippen LogP contribution in [0.25, 0.3) is 0 Å². The molecule has 2 fully saturated rings. The Bertz CT molecular complexity index is 551. The van der Waals surface area contributed by atoms with Gasteiger partial charge in [-0.05, 0) is 37.5 Å². The third-order valence-electron chi connectivity index (χ3n) is 5.47. The minimum Gasteiger partial charge on any atom is -0.381 e. The van der Waals surface area contributed by atoms with E-state index in [1.165, 1.54) is 18.4 Å². The zero-order valence-electron chi connectivity index (χ0n) is 14.8. The lowest BCUT2D eigenvalue weighted by atomic mass is 9.96. The number of aliphatic imine (C=N–C) groups is 1. The predicted molar refractivity (Wildman–Crippen MR) is 103 cm³/mol. The molecule has 0 unspecified atom stereocenters. The highest BCUT2D eigenvalue weighted by Gasteiger charge is 2.44. The summed E-state index contributed by atoms with van der Waals surface area (Å²) in [7, 11) is 1.85. The first kappa shape index (κ1) is 17.6. The van der Waals surface area contributed by atoms with Crippen molar-refractivity contribution in [2.75, 3.05) is 39.6 Å². The molecule has 0 radical (unpaired) electrons. The van der Waals surface area contributed by atoms with Gasteiger partial charge in [-0.15, -0.1) is 0 Å². The van der Waals surface area contributed by atoms with Crippen LogP contribution in [0.15, 0.2) is 35.3 Å². The second-order valence-corrected chi connectivity index (χ2v) is 8.20. The zero-order chi connectivity index (χ0) is 16.9. The van der Waals surface area contributed by atoms with E-state index in [-0.39, 0.29) is 4.75 Å². The van der Waals surface area contributed by atoms with E-state index < -0.39 is 0 Å². The number of thioether (sulfide) groups is 1. The smallest absolute Gasteiger partial charge is 0.191 e. The van der Waals surface area contributed by atoms with E-state index in [9.17, 15) is 0 Å².